The highest BCUT2D eigenvalue weighted by molar-refractivity contribution is 9.10. The number of hydrogen-bond donors (Lipinski definition) is 1. The molecule has 19 heavy (non-hydrogen) atoms. The second kappa shape index (κ2) is 5.63. The minimum absolute atomic E-state index is 0.438. The molecule has 2 aromatic carbocycles. The van der Waals surface area contributed by atoms with Gasteiger partial charge in [-0.3, -0.25) is 0 Å². The fraction of sp³-hybridized carbons (Fsp3) is 0.0714. The van der Waals surface area contributed by atoms with E-state index >= 15 is 0 Å². The van der Waals surface area contributed by atoms with Crippen LogP contribution in [0, 0.1) is 11.3 Å². The average molecular weight is 319 g/mol. The van der Waals surface area contributed by atoms with Gasteiger partial charge in [0.25, 0.3) is 0 Å². The Labute approximate surface area is 119 Å². The Morgan fingerprint density at radius 3 is 2.53 bits per heavy atom. The van der Waals surface area contributed by atoms with E-state index in [-0.39, 0.29) is 0 Å². The van der Waals surface area contributed by atoms with Crippen LogP contribution in [0.3, 0.4) is 0 Å². The molecule has 0 aromatic heterocycles. The van der Waals surface area contributed by atoms with Gasteiger partial charge >= 0.3 is 0 Å². The van der Waals surface area contributed by atoms with Crippen LogP contribution in [0.15, 0.2) is 40.9 Å². The number of hydrogen-bond acceptors (Lipinski definition) is 4. The first-order valence-corrected chi connectivity index (χ1v) is 6.24. The van der Waals surface area contributed by atoms with Gasteiger partial charge in [-0.1, -0.05) is 15.9 Å². The number of halogens is 1. The number of nitrogens with two attached hydrogens (primary N) is 1. The van der Waals surface area contributed by atoms with Crippen LogP contribution in [0.1, 0.15) is 5.56 Å². The van der Waals surface area contributed by atoms with Gasteiger partial charge in [0.1, 0.15) is 11.8 Å². The number of rotatable bonds is 3. The molecule has 0 radical (unpaired) electrons. The maximum absolute atomic E-state index is 9.09. The van der Waals surface area contributed by atoms with Gasteiger partial charge in [-0.2, -0.15) is 5.26 Å². The van der Waals surface area contributed by atoms with Crippen LogP contribution in [0.5, 0.6) is 17.2 Å². The Kier molecular flexibility index (Phi) is 3.93. The zero-order valence-electron chi connectivity index (χ0n) is 10.2. The van der Waals surface area contributed by atoms with Crippen molar-refractivity contribution in [3.05, 3.63) is 46.4 Å². The fourth-order valence-corrected chi connectivity index (χ4v) is 1.93. The third-order valence-corrected chi connectivity index (χ3v) is 2.96. The van der Waals surface area contributed by atoms with Crippen molar-refractivity contribution in [1.82, 2.24) is 0 Å². The summed E-state index contributed by atoms with van der Waals surface area (Å²) in [6, 6.07) is 12.4. The number of benzene rings is 2. The monoisotopic (exact) mass is 318 g/mol. The highest BCUT2D eigenvalue weighted by Crippen LogP contribution is 2.35. The van der Waals surface area contributed by atoms with Crippen molar-refractivity contribution in [2.75, 3.05) is 12.8 Å². The Hall–Kier alpha value is -2.19. The average Bonchev–Trinajstić information content (AvgIpc) is 2.42. The normalized spacial score (nSPS) is 9.74. The Morgan fingerprint density at radius 2 is 1.84 bits per heavy atom. The quantitative estimate of drug-likeness (QED) is 0.876. The molecule has 0 saturated heterocycles. The number of nitrogens with zero attached hydrogens (tertiary/aromatic N) is 1. The summed E-state index contributed by atoms with van der Waals surface area (Å²) >= 11 is 3.31. The van der Waals surface area contributed by atoms with Gasteiger partial charge < -0.3 is 15.2 Å². The molecule has 0 aliphatic heterocycles. The number of anilines is 1. The van der Waals surface area contributed by atoms with Crippen LogP contribution in [0.4, 0.5) is 5.69 Å². The summed E-state index contributed by atoms with van der Waals surface area (Å²) in [5, 5.41) is 9.09. The van der Waals surface area contributed by atoms with Crippen LogP contribution in [-0.4, -0.2) is 7.11 Å². The van der Waals surface area contributed by atoms with E-state index in [2.05, 4.69) is 22.0 Å². The minimum atomic E-state index is 0.438. The molecule has 5 heteroatoms. The minimum Gasteiger partial charge on any atom is -0.493 e. The molecular formula is C14H11BrN2O2. The molecule has 4 nitrogen and oxygen atoms in total. The molecule has 0 aliphatic rings. The fourth-order valence-electron chi connectivity index (χ4n) is 1.57. The second-order valence-electron chi connectivity index (χ2n) is 3.76. The van der Waals surface area contributed by atoms with Crippen molar-refractivity contribution in [3.63, 3.8) is 0 Å². The molecule has 0 amide bonds. The summed E-state index contributed by atoms with van der Waals surface area (Å²) in [5.74, 6) is 1.50. The van der Waals surface area contributed by atoms with Gasteiger partial charge in [-0.05, 0) is 30.3 Å². The van der Waals surface area contributed by atoms with E-state index in [0.29, 0.717) is 28.5 Å². The van der Waals surface area contributed by atoms with Gasteiger partial charge in [0.15, 0.2) is 11.5 Å². The SMILES string of the molecule is COc1cc(N)ccc1Oc1ccc(Br)cc1C#N. The summed E-state index contributed by atoms with van der Waals surface area (Å²) in [4.78, 5) is 0. The van der Waals surface area contributed by atoms with E-state index in [4.69, 9.17) is 20.5 Å². The first-order valence-electron chi connectivity index (χ1n) is 5.45. The number of nitriles is 1. The molecule has 0 unspecified atom stereocenters. The summed E-state index contributed by atoms with van der Waals surface area (Å²) in [5.41, 5.74) is 6.70. The van der Waals surface area contributed by atoms with Crippen LogP contribution in [0.25, 0.3) is 0 Å². The van der Waals surface area contributed by atoms with E-state index in [1.54, 1.807) is 36.4 Å². The maximum Gasteiger partial charge on any atom is 0.169 e. The zero-order valence-corrected chi connectivity index (χ0v) is 11.8. The lowest BCUT2D eigenvalue weighted by Crippen LogP contribution is -1.94. The number of methoxy groups -OCH3 is 1. The predicted molar refractivity (Wildman–Crippen MR) is 76.3 cm³/mol. The maximum atomic E-state index is 9.09. The van der Waals surface area contributed by atoms with E-state index in [1.807, 2.05) is 0 Å². The Morgan fingerprint density at radius 1 is 1.11 bits per heavy atom. The molecule has 0 saturated carbocycles. The summed E-state index contributed by atoms with van der Waals surface area (Å²) in [6.07, 6.45) is 0. The Bertz CT molecular complexity index is 650. The lowest BCUT2D eigenvalue weighted by atomic mass is 10.2. The van der Waals surface area contributed by atoms with Crippen molar-refractivity contribution in [2.24, 2.45) is 0 Å². The van der Waals surface area contributed by atoms with Gasteiger partial charge in [0.05, 0.1) is 12.7 Å². The highest BCUT2D eigenvalue weighted by Gasteiger charge is 2.09. The third-order valence-electron chi connectivity index (χ3n) is 2.47. The zero-order chi connectivity index (χ0) is 13.8. The number of nitrogen functional groups attached to an aromatic ring is 1. The first kappa shape index (κ1) is 13.2. The molecule has 2 rings (SSSR count). The molecule has 0 aliphatic carbocycles. The van der Waals surface area contributed by atoms with Gasteiger partial charge in [-0.15, -0.1) is 0 Å². The second-order valence-corrected chi connectivity index (χ2v) is 4.68. The molecular weight excluding hydrogens is 308 g/mol. The molecule has 0 spiro atoms. The van der Waals surface area contributed by atoms with Crippen LogP contribution in [0.2, 0.25) is 0 Å². The lowest BCUT2D eigenvalue weighted by Gasteiger charge is -2.11. The standard InChI is InChI=1S/C14H11BrN2O2/c1-18-14-7-11(17)3-5-13(14)19-12-4-2-10(15)6-9(12)8-16/h2-7H,17H2,1H3. The lowest BCUT2D eigenvalue weighted by molar-refractivity contribution is 0.379. The topological polar surface area (TPSA) is 68.3 Å². The molecule has 2 aromatic rings. The molecule has 96 valence electrons. The van der Waals surface area contributed by atoms with Gasteiger partial charge in [-0.25, -0.2) is 0 Å². The van der Waals surface area contributed by atoms with Crippen LogP contribution < -0.4 is 15.2 Å². The molecule has 2 N–H and O–H groups in total. The predicted octanol–water partition coefficient (Wildman–Crippen LogP) is 3.70. The summed E-state index contributed by atoms with van der Waals surface area (Å²) in [7, 11) is 1.54. The van der Waals surface area contributed by atoms with Crippen LogP contribution >= 0.6 is 15.9 Å². The Balaban J connectivity index is 2.39. The van der Waals surface area contributed by atoms with Crippen molar-refractivity contribution in [3.8, 4) is 23.3 Å². The van der Waals surface area contributed by atoms with Crippen molar-refractivity contribution in [1.29, 1.82) is 5.26 Å². The van der Waals surface area contributed by atoms with Crippen molar-refractivity contribution < 1.29 is 9.47 Å². The largest absolute Gasteiger partial charge is 0.493 e. The number of ether oxygens (including phenoxy) is 2. The first-order chi connectivity index (χ1) is 9.13. The van der Waals surface area contributed by atoms with E-state index in [1.165, 1.54) is 7.11 Å². The van der Waals surface area contributed by atoms with Crippen molar-refractivity contribution >= 4 is 21.6 Å². The third kappa shape index (κ3) is 2.98. The van der Waals surface area contributed by atoms with Crippen molar-refractivity contribution in [2.45, 2.75) is 0 Å². The molecule has 0 fully saturated rings. The summed E-state index contributed by atoms with van der Waals surface area (Å²) < 4.78 is 11.7. The van der Waals surface area contributed by atoms with E-state index < -0.39 is 0 Å². The molecule has 0 atom stereocenters. The smallest absolute Gasteiger partial charge is 0.169 e. The highest BCUT2D eigenvalue weighted by atomic mass is 79.9. The molecule has 0 heterocycles. The van der Waals surface area contributed by atoms with Crippen LogP contribution in [-0.2, 0) is 0 Å². The van der Waals surface area contributed by atoms with Gasteiger partial charge in [0.2, 0.25) is 0 Å². The van der Waals surface area contributed by atoms with E-state index in [0.717, 1.165) is 4.47 Å². The van der Waals surface area contributed by atoms with E-state index in [9.17, 15) is 0 Å². The summed E-state index contributed by atoms with van der Waals surface area (Å²) in [6.45, 7) is 0. The van der Waals surface area contributed by atoms with Gasteiger partial charge in [0, 0.05) is 16.2 Å². The molecule has 0 bridgehead atoms.